The molecule has 2 aliphatic rings. The minimum Gasteiger partial charge on any atom is -0.481 e. The molecule has 1 aliphatic carbocycles. The van der Waals surface area contributed by atoms with Crippen LogP contribution in [0.1, 0.15) is 20.3 Å². The number of hydrogen-bond acceptors (Lipinski definition) is 4. The smallest absolute Gasteiger partial charge is 0.416 e. The summed E-state index contributed by atoms with van der Waals surface area (Å²) in [4.78, 5) is 24.3. The van der Waals surface area contributed by atoms with Gasteiger partial charge < -0.3 is 14.7 Å². The fraction of sp³-hybridized carbons (Fsp3) is 0.412. The van der Waals surface area contributed by atoms with Crippen molar-refractivity contribution in [3.05, 3.63) is 47.7 Å². The lowest BCUT2D eigenvalue weighted by Crippen LogP contribution is -2.31. The number of carboxylic acids is 1. The standard InChI is InChI=1S/C17H18F3NO4/c1-10(2)15-12(22)4-3-11(17(18,19)20)16(15)13-9-21(7-8-25-13)6-5-14(23)24/h3-4,7-10,15H,5-6H2,1-2H3,(H,23,24). The number of ether oxygens (including phenoxy) is 1. The topological polar surface area (TPSA) is 66.8 Å². The van der Waals surface area contributed by atoms with Crippen molar-refractivity contribution in [3.63, 3.8) is 0 Å². The molecule has 1 unspecified atom stereocenters. The molecular weight excluding hydrogens is 339 g/mol. The maximum Gasteiger partial charge on any atom is 0.416 e. The Bertz CT molecular complexity index is 686. The molecule has 25 heavy (non-hydrogen) atoms. The third-order valence-corrected chi connectivity index (χ3v) is 3.87. The van der Waals surface area contributed by atoms with Crippen molar-refractivity contribution in [1.29, 1.82) is 0 Å². The summed E-state index contributed by atoms with van der Waals surface area (Å²) in [6, 6.07) is 0. The molecule has 0 aromatic rings. The lowest BCUT2D eigenvalue weighted by Gasteiger charge is -2.31. The highest BCUT2D eigenvalue weighted by Crippen LogP contribution is 2.41. The van der Waals surface area contributed by atoms with Gasteiger partial charge in [-0.25, -0.2) is 0 Å². The molecule has 1 N–H and O–H groups in total. The second-order valence-corrected chi connectivity index (χ2v) is 6.06. The van der Waals surface area contributed by atoms with Gasteiger partial charge in [0.25, 0.3) is 0 Å². The molecule has 0 spiro atoms. The van der Waals surface area contributed by atoms with Crippen molar-refractivity contribution in [2.45, 2.75) is 26.4 Å². The number of hydrogen-bond donors (Lipinski definition) is 1. The van der Waals surface area contributed by atoms with Crippen LogP contribution in [0.5, 0.6) is 0 Å². The summed E-state index contributed by atoms with van der Waals surface area (Å²) in [6.45, 7) is 3.40. The molecule has 0 aromatic heterocycles. The van der Waals surface area contributed by atoms with Gasteiger partial charge in [0, 0.05) is 24.5 Å². The quantitative estimate of drug-likeness (QED) is 0.817. The van der Waals surface area contributed by atoms with Crippen LogP contribution >= 0.6 is 0 Å². The molecule has 0 saturated carbocycles. The number of ketones is 1. The highest BCUT2D eigenvalue weighted by Gasteiger charge is 2.43. The van der Waals surface area contributed by atoms with E-state index in [0.717, 1.165) is 12.2 Å². The van der Waals surface area contributed by atoms with Gasteiger partial charge in [0.15, 0.2) is 5.78 Å². The summed E-state index contributed by atoms with van der Waals surface area (Å²) in [6.07, 6.45) is 0.775. The van der Waals surface area contributed by atoms with Crippen LogP contribution in [0.4, 0.5) is 13.2 Å². The molecule has 0 amide bonds. The Hall–Kier alpha value is -2.51. The van der Waals surface area contributed by atoms with Gasteiger partial charge >= 0.3 is 12.1 Å². The van der Waals surface area contributed by atoms with Crippen molar-refractivity contribution in [1.82, 2.24) is 4.90 Å². The number of aliphatic carboxylic acids is 1. The van der Waals surface area contributed by atoms with Gasteiger partial charge in [-0.1, -0.05) is 13.8 Å². The summed E-state index contributed by atoms with van der Waals surface area (Å²) in [7, 11) is 0. The van der Waals surface area contributed by atoms with Crippen molar-refractivity contribution in [2.75, 3.05) is 6.54 Å². The van der Waals surface area contributed by atoms with Gasteiger partial charge in [-0.2, -0.15) is 13.2 Å². The molecule has 5 nitrogen and oxygen atoms in total. The Balaban J connectivity index is 2.48. The predicted octanol–water partition coefficient (Wildman–Crippen LogP) is 3.38. The number of alkyl halides is 3. The molecule has 0 aromatic carbocycles. The van der Waals surface area contributed by atoms with E-state index in [-0.39, 0.29) is 30.2 Å². The highest BCUT2D eigenvalue weighted by atomic mass is 19.4. The first-order valence-electron chi connectivity index (χ1n) is 7.67. The largest absolute Gasteiger partial charge is 0.481 e. The minimum absolute atomic E-state index is 0.0729. The zero-order chi connectivity index (χ0) is 18.8. The third-order valence-electron chi connectivity index (χ3n) is 3.87. The van der Waals surface area contributed by atoms with Crippen LogP contribution in [0, 0.1) is 11.8 Å². The van der Waals surface area contributed by atoms with Crippen LogP contribution in [0.25, 0.3) is 0 Å². The lowest BCUT2D eigenvalue weighted by molar-refractivity contribution is -0.137. The molecule has 0 saturated heterocycles. The SMILES string of the molecule is CC(C)C1C(=O)C=CC(C(F)(F)F)=C1C1=CN(CCC(=O)O)C=CO1. The van der Waals surface area contributed by atoms with Crippen LogP contribution in [-0.4, -0.2) is 34.5 Å². The van der Waals surface area contributed by atoms with E-state index >= 15 is 0 Å². The molecule has 1 atom stereocenters. The Morgan fingerprint density at radius 3 is 2.60 bits per heavy atom. The van der Waals surface area contributed by atoms with E-state index in [1.54, 1.807) is 13.8 Å². The molecule has 0 bridgehead atoms. The fourth-order valence-electron chi connectivity index (χ4n) is 2.77. The van der Waals surface area contributed by atoms with Gasteiger partial charge in [0.1, 0.15) is 12.0 Å². The number of carboxylic acid groups (broad SMARTS) is 1. The molecule has 2 rings (SSSR count). The van der Waals surface area contributed by atoms with Gasteiger partial charge in [-0.3, -0.25) is 9.59 Å². The zero-order valence-electron chi connectivity index (χ0n) is 13.7. The van der Waals surface area contributed by atoms with Gasteiger partial charge in [-0.15, -0.1) is 0 Å². The number of nitrogens with zero attached hydrogens (tertiary/aromatic N) is 1. The van der Waals surface area contributed by atoms with Crippen molar-refractivity contribution < 1.29 is 32.6 Å². The summed E-state index contributed by atoms with van der Waals surface area (Å²) in [5.41, 5.74) is -1.15. The molecule has 8 heteroatoms. The maximum atomic E-state index is 13.4. The average molecular weight is 357 g/mol. The summed E-state index contributed by atoms with van der Waals surface area (Å²) >= 11 is 0. The Kier molecular flexibility index (Phi) is 5.39. The van der Waals surface area contributed by atoms with E-state index < -0.39 is 29.4 Å². The first kappa shape index (κ1) is 18.8. The number of allylic oxidation sites excluding steroid dienone is 4. The van der Waals surface area contributed by atoms with E-state index in [0.29, 0.717) is 0 Å². The van der Waals surface area contributed by atoms with Crippen LogP contribution in [-0.2, 0) is 14.3 Å². The van der Waals surface area contributed by atoms with E-state index in [1.807, 2.05) is 0 Å². The van der Waals surface area contributed by atoms with Crippen LogP contribution in [0.3, 0.4) is 0 Å². The summed E-state index contributed by atoms with van der Waals surface area (Å²) in [5, 5.41) is 8.74. The van der Waals surface area contributed by atoms with Crippen molar-refractivity contribution in [3.8, 4) is 0 Å². The van der Waals surface area contributed by atoms with E-state index in [4.69, 9.17) is 9.84 Å². The minimum atomic E-state index is -4.64. The summed E-state index contributed by atoms with van der Waals surface area (Å²) in [5.74, 6) is -2.90. The third kappa shape index (κ3) is 4.32. The average Bonchev–Trinajstić information content (AvgIpc) is 2.51. The molecule has 0 fully saturated rings. The van der Waals surface area contributed by atoms with Crippen LogP contribution in [0.2, 0.25) is 0 Å². The first-order valence-corrected chi connectivity index (χ1v) is 7.67. The Morgan fingerprint density at radius 1 is 1.36 bits per heavy atom. The summed E-state index contributed by atoms with van der Waals surface area (Å²) < 4.78 is 45.6. The normalized spacial score (nSPS) is 20.9. The number of halogens is 3. The molecular formula is C17H18F3NO4. The fourth-order valence-corrected chi connectivity index (χ4v) is 2.77. The molecule has 0 radical (unpaired) electrons. The van der Waals surface area contributed by atoms with Gasteiger partial charge in [-0.05, 0) is 18.1 Å². The molecule has 1 heterocycles. The lowest BCUT2D eigenvalue weighted by atomic mass is 9.78. The highest BCUT2D eigenvalue weighted by molar-refractivity contribution is 5.97. The van der Waals surface area contributed by atoms with Crippen molar-refractivity contribution in [2.24, 2.45) is 11.8 Å². The van der Waals surface area contributed by atoms with Crippen LogP contribution < -0.4 is 0 Å². The van der Waals surface area contributed by atoms with Crippen molar-refractivity contribution >= 4 is 11.8 Å². The number of carbonyl (C=O) groups is 2. The monoisotopic (exact) mass is 357 g/mol. The number of rotatable bonds is 5. The van der Waals surface area contributed by atoms with Gasteiger partial charge in [0.05, 0.1) is 17.9 Å². The van der Waals surface area contributed by atoms with E-state index in [9.17, 15) is 22.8 Å². The molecule has 136 valence electrons. The number of carbonyl (C=O) groups excluding carboxylic acids is 1. The zero-order valence-corrected chi connectivity index (χ0v) is 13.7. The Morgan fingerprint density at radius 2 is 2.04 bits per heavy atom. The maximum absolute atomic E-state index is 13.4. The second-order valence-electron chi connectivity index (χ2n) is 6.06. The van der Waals surface area contributed by atoms with E-state index in [2.05, 4.69) is 0 Å². The van der Waals surface area contributed by atoms with E-state index in [1.165, 1.54) is 23.6 Å². The van der Waals surface area contributed by atoms with Crippen LogP contribution in [0.15, 0.2) is 47.7 Å². The van der Waals surface area contributed by atoms with Gasteiger partial charge in [0.2, 0.25) is 0 Å². The first-order chi connectivity index (χ1) is 11.6. The molecule has 1 aliphatic heterocycles. The predicted molar refractivity (Wildman–Crippen MR) is 82.8 cm³/mol. The Labute approximate surface area is 142 Å². The second kappa shape index (κ2) is 7.16.